The highest BCUT2D eigenvalue weighted by molar-refractivity contribution is 5.76. The summed E-state index contributed by atoms with van der Waals surface area (Å²) in [6.45, 7) is 10.6. The van der Waals surface area contributed by atoms with Crippen LogP contribution >= 0.6 is 0 Å². The van der Waals surface area contributed by atoms with Gasteiger partial charge < -0.3 is 4.90 Å². The van der Waals surface area contributed by atoms with Gasteiger partial charge in [-0.25, -0.2) is 0 Å². The molecule has 2 fully saturated rings. The van der Waals surface area contributed by atoms with Gasteiger partial charge in [-0.1, -0.05) is 19.9 Å². The number of pyridine rings is 1. The fraction of sp³-hybridized carbons (Fsp3) is 0.714. The van der Waals surface area contributed by atoms with E-state index in [1.807, 2.05) is 0 Å². The van der Waals surface area contributed by atoms with E-state index in [1.165, 1.54) is 25.1 Å². The highest BCUT2D eigenvalue weighted by Crippen LogP contribution is 2.33. The molecule has 3 rings (SSSR count). The van der Waals surface area contributed by atoms with Gasteiger partial charge in [0.15, 0.2) is 0 Å². The van der Waals surface area contributed by atoms with Crippen molar-refractivity contribution in [3.8, 4) is 0 Å². The Morgan fingerprint density at radius 1 is 1.20 bits per heavy atom. The van der Waals surface area contributed by atoms with Crippen LogP contribution in [-0.2, 0) is 4.79 Å². The first-order chi connectivity index (χ1) is 12.0. The number of aryl methyl sites for hydroxylation is 1. The molecule has 0 radical (unpaired) electrons. The maximum atomic E-state index is 12.2. The van der Waals surface area contributed by atoms with Crippen LogP contribution in [-0.4, -0.2) is 46.9 Å². The SMILES string of the molecule is Cc1cccc(C2CCCN2CC2CCN(C(=O)CC(C)C)CC2)n1. The van der Waals surface area contributed by atoms with Crippen LogP contribution in [0.3, 0.4) is 0 Å². The van der Waals surface area contributed by atoms with Gasteiger partial charge in [0, 0.05) is 31.7 Å². The molecule has 0 saturated carbocycles. The van der Waals surface area contributed by atoms with Crippen LogP contribution in [0, 0.1) is 18.8 Å². The van der Waals surface area contributed by atoms with Crippen molar-refractivity contribution in [1.82, 2.24) is 14.8 Å². The van der Waals surface area contributed by atoms with Crippen molar-refractivity contribution in [2.45, 2.75) is 58.9 Å². The van der Waals surface area contributed by atoms with Gasteiger partial charge in [0.2, 0.25) is 5.91 Å². The Labute approximate surface area is 152 Å². The van der Waals surface area contributed by atoms with Gasteiger partial charge in [0.25, 0.3) is 0 Å². The second-order valence-corrected chi connectivity index (χ2v) is 8.28. The van der Waals surface area contributed by atoms with Gasteiger partial charge >= 0.3 is 0 Å². The minimum Gasteiger partial charge on any atom is -0.343 e. The van der Waals surface area contributed by atoms with Crippen molar-refractivity contribution in [1.29, 1.82) is 0 Å². The van der Waals surface area contributed by atoms with Gasteiger partial charge in [-0.3, -0.25) is 14.7 Å². The number of rotatable bonds is 5. The molecule has 4 heteroatoms. The molecule has 1 aromatic heterocycles. The largest absolute Gasteiger partial charge is 0.343 e. The maximum absolute atomic E-state index is 12.2. The zero-order valence-corrected chi connectivity index (χ0v) is 16.1. The highest BCUT2D eigenvalue weighted by atomic mass is 16.2. The van der Waals surface area contributed by atoms with Crippen LogP contribution < -0.4 is 0 Å². The normalized spacial score (nSPS) is 22.7. The van der Waals surface area contributed by atoms with E-state index in [9.17, 15) is 4.79 Å². The number of carbonyl (C=O) groups is 1. The summed E-state index contributed by atoms with van der Waals surface area (Å²) >= 11 is 0. The Kier molecular flexibility index (Phi) is 6.10. The smallest absolute Gasteiger partial charge is 0.222 e. The molecule has 4 nitrogen and oxygen atoms in total. The molecular formula is C21H33N3O. The zero-order chi connectivity index (χ0) is 17.8. The van der Waals surface area contributed by atoms with E-state index in [2.05, 4.69) is 48.8 Å². The predicted octanol–water partition coefficient (Wildman–Crippen LogP) is 3.81. The maximum Gasteiger partial charge on any atom is 0.222 e. The molecule has 1 amide bonds. The van der Waals surface area contributed by atoms with Crippen LogP contribution in [0.1, 0.15) is 63.4 Å². The summed E-state index contributed by atoms with van der Waals surface area (Å²) in [4.78, 5) is 21.7. The predicted molar refractivity (Wildman–Crippen MR) is 101 cm³/mol. The molecule has 2 aliphatic rings. The molecule has 3 heterocycles. The summed E-state index contributed by atoms with van der Waals surface area (Å²) in [6, 6.07) is 6.88. The second kappa shape index (κ2) is 8.31. The molecule has 138 valence electrons. The molecular weight excluding hydrogens is 310 g/mol. The molecule has 1 unspecified atom stereocenters. The zero-order valence-electron chi connectivity index (χ0n) is 16.1. The van der Waals surface area contributed by atoms with Gasteiger partial charge in [-0.2, -0.15) is 0 Å². The third-order valence-electron chi connectivity index (χ3n) is 5.66. The first-order valence-electron chi connectivity index (χ1n) is 9.98. The molecule has 1 aromatic rings. The molecule has 2 aliphatic heterocycles. The third-order valence-corrected chi connectivity index (χ3v) is 5.66. The Morgan fingerprint density at radius 2 is 1.96 bits per heavy atom. The summed E-state index contributed by atoms with van der Waals surface area (Å²) < 4.78 is 0. The topological polar surface area (TPSA) is 36.4 Å². The van der Waals surface area contributed by atoms with E-state index in [0.29, 0.717) is 30.2 Å². The van der Waals surface area contributed by atoms with Crippen LogP contribution in [0.25, 0.3) is 0 Å². The molecule has 0 spiro atoms. The van der Waals surface area contributed by atoms with Crippen LogP contribution in [0.4, 0.5) is 0 Å². The lowest BCUT2D eigenvalue weighted by Crippen LogP contribution is -2.41. The summed E-state index contributed by atoms with van der Waals surface area (Å²) in [5.74, 6) is 1.52. The average molecular weight is 344 g/mol. The number of carbonyl (C=O) groups excluding carboxylic acids is 1. The Bertz CT molecular complexity index is 578. The lowest BCUT2D eigenvalue weighted by Gasteiger charge is -2.35. The quantitative estimate of drug-likeness (QED) is 0.816. The molecule has 25 heavy (non-hydrogen) atoms. The lowest BCUT2D eigenvalue weighted by atomic mass is 9.95. The van der Waals surface area contributed by atoms with Crippen LogP contribution in [0.15, 0.2) is 18.2 Å². The molecule has 1 atom stereocenters. The first kappa shape index (κ1) is 18.4. The van der Waals surface area contributed by atoms with Crippen molar-refractivity contribution in [2.24, 2.45) is 11.8 Å². The van der Waals surface area contributed by atoms with Crippen molar-refractivity contribution < 1.29 is 4.79 Å². The second-order valence-electron chi connectivity index (χ2n) is 8.28. The van der Waals surface area contributed by atoms with Crippen molar-refractivity contribution in [3.05, 3.63) is 29.6 Å². The average Bonchev–Trinajstić information content (AvgIpc) is 3.03. The van der Waals surface area contributed by atoms with Gasteiger partial charge in [0.05, 0.1) is 11.7 Å². The molecule has 0 N–H and O–H groups in total. The number of nitrogens with zero attached hydrogens (tertiary/aromatic N) is 3. The Morgan fingerprint density at radius 3 is 2.64 bits per heavy atom. The van der Waals surface area contributed by atoms with E-state index in [-0.39, 0.29) is 0 Å². The van der Waals surface area contributed by atoms with Gasteiger partial charge in [0.1, 0.15) is 0 Å². The summed E-state index contributed by atoms with van der Waals surface area (Å²) in [6.07, 6.45) is 5.48. The fourth-order valence-electron chi connectivity index (χ4n) is 4.30. The van der Waals surface area contributed by atoms with E-state index in [0.717, 1.165) is 38.2 Å². The summed E-state index contributed by atoms with van der Waals surface area (Å²) in [7, 11) is 0. The molecule has 0 bridgehead atoms. The Hall–Kier alpha value is -1.42. The third kappa shape index (κ3) is 4.81. The van der Waals surface area contributed by atoms with Gasteiger partial charge in [-0.05, 0) is 63.1 Å². The first-order valence-corrected chi connectivity index (χ1v) is 9.98. The minimum atomic E-state index is 0.344. The minimum absolute atomic E-state index is 0.344. The highest BCUT2D eigenvalue weighted by Gasteiger charge is 2.31. The van der Waals surface area contributed by atoms with Crippen LogP contribution in [0.2, 0.25) is 0 Å². The van der Waals surface area contributed by atoms with E-state index < -0.39 is 0 Å². The monoisotopic (exact) mass is 343 g/mol. The molecule has 0 aromatic carbocycles. The fourth-order valence-corrected chi connectivity index (χ4v) is 4.30. The standard InChI is InChI=1S/C21H33N3O/c1-16(2)14-21(25)23-12-9-18(10-13-23)15-24-11-5-8-20(24)19-7-4-6-17(3)22-19/h4,6-7,16,18,20H,5,8-15H2,1-3H3. The van der Waals surface area contributed by atoms with Crippen molar-refractivity contribution in [2.75, 3.05) is 26.2 Å². The summed E-state index contributed by atoms with van der Waals surface area (Å²) in [5.41, 5.74) is 2.35. The van der Waals surface area contributed by atoms with Gasteiger partial charge in [-0.15, -0.1) is 0 Å². The van der Waals surface area contributed by atoms with E-state index in [4.69, 9.17) is 4.98 Å². The number of aromatic nitrogens is 1. The van der Waals surface area contributed by atoms with Crippen molar-refractivity contribution in [3.63, 3.8) is 0 Å². The van der Waals surface area contributed by atoms with Crippen LogP contribution in [0.5, 0.6) is 0 Å². The molecule has 0 aliphatic carbocycles. The van der Waals surface area contributed by atoms with E-state index >= 15 is 0 Å². The van der Waals surface area contributed by atoms with E-state index in [1.54, 1.807) is 0 Å². The number of likely N-dealkylation sites (tertiary alicyclic amines) is 2. The molecule has 2 saturated heterocycles. The number of hydrogen-bond donors (Lipinski definition) is 0. The lowest BCUT2D eigenvalue weighted by molar-refractivity contribution is -0.133. The number of hydrogen-bond acceptors (Lipinski definition) is 3. The van der Waals surface area contributed by atoms with Crippen molar-refractivity contribution >= 4 is 5.91 Å². The number of amides is 1. The summed E-state index contributed by atoms with van der Waals surface area (Å²) in [5, 5.41) is 0. The Balaban J connectivity index is 1.52. The number of piperidine rings is 1.